The van der Waals surface area contributed by atoms with Gasteiger partial charge in [0.25, 0.3) is 5.91 Å². The second-order valence-electron chi connectivity index (χ2n) is 7.33. The van der Waals surface area contributed by atoms with E-state index in [1.807, 2.05) is 49.7 Å². The first-order chi connectivity index (χ1) is 14.3. The topological polar surface area (TPSA) is 89.8 Å². The molecule has 0 saturated carbocycles. The molecule has 3 aromatic heterocycles. The Morgan fingerprint density at radius 3 is 2.60 bits per heavy atom. The van der Waals surface area contributed by atoms with Crippen molar-refractivity contribution >= 4 is 39.2 Å². The molecule has 0 aliphatic heterocycles. The number of benzene rings is 1. The molecule has 0 unspecified atom stereocenters. The number of hydrogen-bond donors (Lipinski definition) is 1. The van der Waals surface area contributed by atoms with Crippen molar-refractivity contribution in [1.29, 1.82) is 0 Å². The highest BCUT2D eigenvalue weighted by Gasteiger charge is 2.20. The van der Waals surface area contributed by atoms with E-state index >= 15 is 0 Å². The summed E-state index contributed by atoms with van der Waals surface area (Å²) in [7, 11) is 0. The van der Waals surface area contributed by atoms with Crippen LogP contribution in [-0.2, 0) is 0 Å². The molecule has 0 aliphatic carbocycles. The summed E-state index contributed by atoms with van der Waals surface area (Å²) in [6.45, 7) is 7.53. The third-order valence-corrected chi connectivity index (χ3v) is 5.81. The van der Waals surface area contributed by atoms with E-state index in [1.165, 1.54) is 13.1 Å². The van der Waals surface area contributed by atoms with Gasteiger partial charge in [0, 0.05) is 18.5 Å². The normalized spacial score (nSPS) is 11.2. The molecule has 7 nitrogen and oxygen atoms in total. The Bertz CT molecular complexity index is 1270. The van der Waals surface area contributed by atoms with E-state index in [2.05, 4.69) is 15.4 Å². The predicted octanol–water partition coefficient (Wildman–Crippen LogP) is 4.90. The number of ketones is 1. The lowest BCUT2D eigenvalue weighted by molar-refractivity contribution is 0.101. The molecule has 4 aromatic rings. The van der Waals surface area contributed by atoms with E-state index in [0.29, 0.717) is 32.3 Å². The van der Waals surface area contributed by atoms with Crippen molar-refractivity contribution in [3.05, 3.63) is 58.7 Å². The van der Waals surface area contributed by atoms with Crippen LogP contribution in [0.25, 0.3) is 22.3 Å². The Hall–Kier alpha value is -3.39. The summed E-state index contributed by atoms with van der Waals surface area (Å²) in [5.74, 6) is -0.399. The molecule has 1 amide bonds. The first kappa shape index (κ1) is 19.9. The highest BCUT2D eigenvalue weighted by molar-refractivity contribution is 7.17. The van der Waals surface area contributed by atoms with E-state index in [4.69, 9.17) is 4.98 Å². The molecule has 0 fully saturated rings. The van der Waals surface area contributed by atoms with Crippen molar-refractivity contribution in [2.24, 2.45) is 0 Å². The van der Waals surface area contributed by atoms with Gasteiger partial charge in [0.2, 0.25) is 0 Å². The summed E-state index contributed by atoms with van der Waals surface area (Å²) in [5, 5.41) is 8.30. The van der Waals surface area contributed by atoms with Gasteiger partial charge in [-0.25, -0.2) is 14.6 Å². The molecule has 0 atom stereocenters. The number of amides is 1. The van der Waals surface area contributed by atoms with Crippen molar-refractivity contribution in [3.8, 4) is 11.3 Å². The largest absolute Gasteiger partial charge is 0.298 e. The van der Waals surface area contributed by atoms with E-state index < -0.39 is 0 Å². The number of rotatable bonds is 5. The van der Waals surface area contributed by atoms with Crippen molar-refractivity contribution in [3.63, 3.8) is 0 Å². The van der Waals surface area contributed by atoms with Crippen molar-refractivity contribution in [2.45, 2.75) is 33.7 Å². The number of pyridine rings is 1. The van der Waals surface area contributed by atoms with Gasteiger partial charge in [0.05, 0.1) is 33.9 Å². The third kappa shape index (κ3) is 3.61. The van der Waals surface area contributed by atoms with Gasteiger partial charge < -0.3 is 0 Å². The van der Waals surface area contributed by atoms with Crippen molar-refractivity contribution < 1.29 is 9.59 Å². The SMILES string of the molecule is CC(=O)c1cnc(NC(=O)c2cc(-c3ccccc3C)nc3c2cnn3C(C)C)s1. The molecule has 8 heteroatoms. The number of carbonyl (C=O) groups excluding carboxylic acids is 2. The molecule has 1 aromatic carbocycles. The first-order valence-electron chi connectivity index (χ1n) is 9.57. The van der Waals surface area contributed by atoms with Gasteiger partial charge >= 0.3 is 0 Å². The van der Waals surface area contributed by atoms with Crippen LogP contribution in [0.15, 0.2) is 42.7 Å². The fraction of sp³-hybridized carbons (Fsp3) is 0.227. The van der Waals surface area contributed by atoms with Crippen LogP contribution in [0.3, 0.4) is 0 Å². The van der Waals surface area contributed by atoms with Gasteiger partial charge in [0.1, 0.15) is 0 Å². The Labute approximate surface area is 177 Å². The van der Waals surface area contributed by atoms with Crippen LogP contribution in [0, 0.1) is 6.92 Å². The Morgan fingerprint density at radius 2 is 1.93 bits per heavy atom. The van der Waals surface area contributed by atoms with E-state index in [0.717, 1.165) is 22.5 Å². The summed E-state index contributed by atoms with van der Waals surface area (Å²) in [4.78, 5) is 34.2. The van der Waals surface area contributed by atoms with Gasteiger partial charge in [-0.2, -0.15) is 5.10 Å². The average Bonchev–Trinajstić information content (AvgIpc) is 3.34. The second-order valence-corrected chi connectivity index (χ2v) is 8.36. The Kier molecular flexibility index (Phi) is 5.17. The van der Waals surface area contributed by atoms with Crippen LogP contribution in [0.1, 0.15) is 52.4 Å². The monoisotopic (exact) mass is 419 g/mol. The highest BCUT2D eigenvalue weighted by atomic mass is 32.1. The van der Waals surface area contributed by atoms with Crippen LogP contribution in [-0.4, -0.2) is 31.4 Å². The summed E-state index contributed by atoms with van der Waals surface area (Å²) >= 11 is 1.15. The maximum atomic E-state index is 13.2. The summed E-state index contributed by atoms with van der Waals surface area (Å²) < 4.78 is 1.81. The zero-order valence-corrected chi connectivity index (χ0v) is 17.9. The number of anilines is 1. The minimum absolute atomic E-state index is 0.0839. The highest BCUT2D eigenvalue weighted by Crippen LogP contribution is 2.29. The standard InChI is InChI=1S/C22H21N5O2S/c1-12(2)27-20-17(10-24-27)16(9-18(25-20)15-8-6-5-7-13(15)3)21(29)26-22-23-11-19(30-22)14(4)28/h5-12H,1-4H3,(H,23,26,29). The fourth-order valence-electron chi connectivity index (χ4n) is 3.24. The van der Waals surface area contributed by atoms with Crippen molar-refractivity contribution in [1.82, 2.24) is 19.7 Å². The molecular formula is C22H21N5O2S. The van der Waals surface area contributed by atoms with E-state index in [1.54, 1.807) is 12.3 Å². The number of nitrogens with zero attached hydrogens (tertiary/aromatic N) is 4. The lowest BCUT2D eigenvalue weighted by Gasteiger charge is -2.11. The second kappa shape index (κ2) is 7.79. The molecule has 3 heterocycles. The van der Waals surface area contributed by atoms with E-state index in [9.17, 15) is 9.59 Å². The number of Topliss-reactive ketones (excluding diaryl/α,β-unsaturated/α-hetero) is 1. The summed E-state index contributed by atoms with van der Waals surface area (Å²) in [5.41, 5.74) is 3.84. The van der Waals surface area contributed by atoms with Gasteiger partial charge in [-0.1, -0.05) is 35.6 Å². The maximum absolute atomic E-state index is 13.2. The fourth-order valence-corrected chi connectivity index (χ4v) is 3.95. The molecule has 0 radical (unpaired) electrons. The molecule has 0 bridgehead atoms. The number of aromatic nitrogens is 4. The Morgan fingerprint density at radius 1 is 1.17 bits per heavy atom. The van der Waals surface area contributed by atoms with Crippen LogP contribution < -0.4 is 5.32 Å². The van der Waals surface area contributed by atoms with Gasteiger partial charge in [0.15, 0.2) is 16.6 Å². The molecule has 0 spiro atoms. The zero-order chi connectivity index (χ0) is 21.4. The molecule has 4 rings (SSSR count). The van der Waals surface area contributed by atoms with Crippen LogP contribution in [0.4, 0.5) is 5.13 Å². The number of aryl methyl sites for hydroxylation is 1. The minimum atomic E-state index is -0.315. The number of nitrogens with one attached hydrogen (secondary N) is 1. The molecule has 0 aliphatic rings. The quantitative estimate of drug-likeness (QED) is 0.465. The van der Waals surface area contributed by atoms with Gasteiger partial charge in [-0.3, -0.25) is 14.9 Å². The van der Waals surface area contributed by atoms with Crippen molar-refractivity contribution in [2.75, 3.05) is 5.32 Å². The number of hydrogen-bond acceptors (Lipinski definition) is 6. The molecule has 0 saturated heterocycles. The van der Waals surface area contributed by atoms with E-state index in [-0.39, 0.29) is 17.7 Å². The van der Waals surface area contributed by atoms with Gasteiger partial charge in [-0.15, -0.1) is 0 Å². The lowest BCUT2D eigenvalue weighted by atomic mass is 10.0. The lowest BCUT2D eigenvalue weighted by Crippen LogP contribution is -2.13. The van der Waals surface area contributed by atoms with Crippen LogP contribution in [0.5, 0.6) is 0 Å². The smallest absolute Gasteiger partial charge is 0.258 e. The Balaban J connectivity index is 1.84. The molecule has 1 N–H and O–H groups in total. The summed E-state index contributed by atoms with van der Waals surface area (Å²) in [6, 6.07) is 9.80. The van der Waals surface area contributed by atoms with Gasteiger partial charge in [-0.05, 0) is 32.4 Å². The number of thiazole rings is 1. The third-order valence-electron chi connectivity index (χ3n) is 4.79. The summed E-state index contributed by atoms with van der Waals surface area (Å²) in [6.07, 6.45) is 3.14. The molecule has 152 valence electrons. The average molecular weight is 420 g/mol. The number of carbonyl (C=O) groups is 2. The molecule has 30 heavy (non-hydrogen) atoms. The predicted molar refractivity (Wildman–Crippen MR) is 118 cm³/mol. The number of fused-ring (bicyclic) bond motifs is 1. The first-order valence-corrected chi connectivity index (χ1v) is 10.4. The van der Waals surface area contributed by atoms with Crippen LogP contribution in [0.2, 0.25) is 0 Å². The minimum Gasteiger partial charge on any atom is -0.298 e. The molecular weight excluding hydrogens is 398 g/mol. The zero-order valence-electron chi connectivity index (χ0n) is 17.1. The van der Waals surface area contributed by atoms with Crippen LogP contribution >= 0.6 is 11.3 Å². The maximum Gasteiger partial charge on any atom is 0.258 e.